The highest BCUT2D eigenvalue weighted by Gasteiger charge is 2.34. The highest BCUT2D eigenvalue weighted by molar-refractivity contribution is 8.15. The SMILES string of the molecule is CC(=O)O.Cc1ccc(NC(=O)CC2SC(=NC(c3ccc(C(C)C)cc3)c3c(O)[nH]c(=O)[nH]c3=O)NC2=O)cc1. The first-order valence-corrected chi connectivity index (χ1v) is 13.5. The zero-order chi connectivity index (χ0) is 30.3. The van der Waals surface area contributed by atoms with Crippen molar-refractivity contribution < 1.29 is 24.6 Å². The number of amides is 2. The van der Waals surface area contributed by atoms with Gasteiger partial charge in [0.15, 0.2) is 5.17 Å². The van der Waals surface area contributed by atoms with E-state index in [4.69, 9.17) is 9.90 Å². The van der Waals surface area contributed by atoms with Crippen LogP contribution >= 0.6 is 11.8 Å². The van der Waals surface area contributed by atoms with Crippen LogP contribution in [-0.2, 0) is 14.4 Å². The average molecular weight is 582 g/mol. The molecule has 0 spiro atoms. The van der Waals surface area contributed by atoms with Gasteiger partial charge >= 0.3 is 5.69 Å². The number of nitrogens with one attached hydrogen (secondary N) is 4. The Hall–Kier alpha value is -4.65. The third-order valence-electron chi connectivity index (χ3n) is 5.88. The van der Waals surface area contributed by atoms with Crippen LogP contribution < -0.4 is 21.9 Å². The molecule has 1 aromatic heterocycles. The maximum atomic E-state index is 12.6. The van der Waals surface area contributed by atoms with Crippen molar-refractivity contribution >= 4 is 40.4 Å². The first-order valence-electron chi connectivity index (χ1n) is 12.6. The predicted molar refractivity (Wildman–Crippen MR) is 156 cm³/mol. The van der Waals surface area contributed by atoms with Crippen LogP contribution in [0.3, 0.4) is 0 Å². The van der Waals surface area contributed by atoms with Crippen LogP contribution in [0.4, 0.5) is 5.69 Å². The summed E-state index contributed by atoms with van der Waals surface area (Å²) in [5.74, 6) is -1.89. The van der Waals surface area contributed by atoms with E-state index in [0.29, 0.717) is 11.3 Å². The summed E-state index contributed by atoms with van der Waals surface area (Å²) in [7, 11) is 0. The van der Waals surface area contributed by atoms with E-state index < -0.39 is 40.3 Å². The van der Waals surface area contributed by atoms with Crippen LogP contribution in [-0.4, -0.2) is 48.4 Å². The van der Waals surface area contributed by atoms with Crippen LogP contribution in [0.1, 0.15) is 61.4 Å². The minimum Gasteiger partial charge on any atom is -0.494 e. The lowest BCUT2D eigenvalue weighted by Crippen LogP contribution is -2.29. The first-order chi connectivity index (χ1) is 19.3. The molecule has 2 aromatic carbocycles. The van der Waals surface area contributed by atoms with E-state index in [9.17, 15) is 24.3 Å². The number of nitrogens with zero attached hydrogens (tertiary/aromatic N) is 1. The van der Waals surface area contributed by atoms with Gasteiger partial charge in [-0.2, -0.15) is 0 Å². The second kappa shape index (κ2) is 13.6. The van der Waals surface area contributed by atoms with Gasteiger partial charge in [-0.25, -0.2) is 9.79 Å². The van der Waals surface area contributed by atoms with Crippen molar-refractivity contribution in [2.75, 3.05) is 5.32 Å². The quantitative estimate of drug-likeness (QED) is 0.245. The Labute approximate surface area is 239 Å². The molecule has 2 heterocycles. The number of benzene rings is 2. The largest absolute Gasteiger partial charge is 0.494 e. The number of aromatic nitrogens is 2. The summed E-state index contributed by atoms with van der Waals surface area (Å²) in [6, 6.07) is 13.6. The Morgan fingerprint density at radius 2 is 1.59 bits per heavy atom. The van der Waals surface area contributed by atoms with Gasteiger partial charge in [0.1, 0.15) is 16.9 Å². The number of thioether (sulfide) groups is 1. The Balaban J connectivity index is 0.00000108. The molecule has 0 radical (unpaired) electrons. The summed E-state index contributed by atoms with van der Waals surface area (Å²) in [5, 5.41) is 22.7. The normalized spacial score (nSPS) is 16.1. The average Bonchev–Trinajstić information content (AvgIpc) is 3.22. The highest BCUT2D eigenvalue weighted by Crippen LogP contribution is 2.32. The third kappa shape index (κ3) is 8.67. The molecule has 4 rings (SSSR count). The number of carboxylic acid groups (broad SMARTS) is 1. The van der Waals surface area contributed by atoms with Crippen LogP contribution in [0.25, 0.3) is 0 Å². The Morgan fingerprint density at radius 3 is 2.15 bits per heavy atom. The van der Waals surface area contributed by atoms with E-state index >= 15 is 0 Å². The number of anilines is 1. The minimum atomic E-state index is -1.02. The number of carbonyl (C=O) groups is 3. The van der Waals surface area contributed by atoms with E-state index in [-0.39, 0.29) is 29.0 Å². The number of aryl methyl sites for hydroxylation is 1. The summed E-state index contributed by atoms with van der Waals surface area (Å²) in [6.07, 6.45) is -0.0817. The van der Waals surface area contributed by atoms with Crippen LogP contribution in [0, 0.1) is 6.92 Å². The standard InChI is InChI=1S/C26H27N5O5S.C2H4O2/c1-13(2)15-6-8-16(9-7-15)21(20-23(34)29-25(36)30-24(20)35)28-26-31-22(33)18(37-26)12-19(32)27-17-10-4-14(3)5-11-17;1-2(3)4/h4-11,13,18,21H,12H2,1-3H3,(H,27,32)(H,28,31,33)(H3,29,30,34,35,36);1H3,(H,3,4). The van der Waals surface area contributed by atoms with Gasteiger partial charge in [-0.3, -0.25) is 29.1 Å². The van der Waals surface area contributed by atoms with Crippen molar-refractivity contribution in [1.29, 1.82) is 0 Å². The number of aliphatic carboxylic acids is 1. The molecule has 2 amide bonds. The van der Waals surface area contributed by atoms with E-state index in [1.165, 1.54) is 0 Å². The number of hydrogen-bond acceptors (Lipinski definition) is 8. The second-order valence-corrected chi connectivity index (χ2v) is 10.8. The first kappa shape index (κ1) is 30.9. The molecule has 3 aromatic rings. The van der Waals surface area contributed by atoms with E-state index in [1.54, 1.807) is 24.3 Å². The molecule has 1 fully saturated rings. The molecule has 41 heavy (non-hydrogen) atoms. The van der Waals surface area contributed by atoms with Crippen molar-refractivity contribution in [3.05, 3.63) is 91.6 Å². The van der Waals surface area contributed by atoms with Crippen LogP contribution in [0.2, 0.25) is 0 Å². The number of aromatic hydroxyl groups is 1. The van der Waals surface area contributed by atoms with Crippen LogP contribution in [0.15, 0.2) is 63.1 Å². The molecule has 0 aliphatic carbocycles. The maximum Gasteiger partial charge on any atom is 0.328 e. The zero-order valence-electron chi connectivity index (χ0n) is 22.8. The monoisotopic (exact) mass is 581 g/mol. The summed E-state index contributed by atoms with van der Waals surface area (Å²) in [5.41, 5.74) is 1.51. The van der Waals surface area contributed by atoms with Gasteiger partial charge in [-0.1, -0.05) is 67.6 Å². The van der Waals surface area contributed by atoms with Crippen molar-refractivity contribution in [2.45, 2.75) is 51.3 Å². The maximum absolute atomic E-state index is 12.6. The number of aromatic amines is 2. The van der Waals surface area contributed by atoms with Gasteiger partial charge in [0, 0.05) is 19.0 Å². The fourth-order valence-electron chi connectivity index (χ4n) is 3.84. The fraction of sp³-hybridized carbons (Fsp3) is 0.286. The van der Waals surface area contributed by atoms with Crippen molar-refractivity contribution in [3.63, 3.8) is 0 Å². The molecule has 1 saturated heterocycles. The molecule has 13 heteroatoms. The lowest BCUT2D eigenvalue weighted by atomic mass is 9.96. The fourth-order valence-corrected chi connectivity index (χ4v) is 4.84. The third-order valence-corrected chi connectivity index (χ3v) is 6.98. The molecule has 0 bridgehead atoms. The minimum absolute atomic E-state index is 0.0817. The number of rotatable bonds is 7. The number of amidine groups is 1. The van der Waals surface area contributed by atoms with Gasteiger partial charge in [0.05, 0.1) is 0 Å². The summed E-state index contributed by atoms with van der Waals surface area (Å²) in [4.78, 5) is 67.2. The lowest BCUT2D eigenvalue weighted by Gasteiger charge is -2.15. The molecule has 216 valence electrons. The van der Waals surface area contributed by atoms with Gasteiger partial charge in [-0.15, -0.1) is 0 Å². The topological polar surface area (TPSA) is 194 Å². The van der Waals surface area contributed by atoms with Crippen LogP contribution in [0.5, 0.6) is 5.88 Å². The Bertz CT molecular complexity index is 1560. The summed E-state index contributed by atoms with van der Waals surface area (Å²) in [6.45, 7) is 7.12. The number of H-pyrrole nitrogens is 2. The Kier molecular flexibility index (Phi) is 10.3. The molecular formula is C28H31N5O7S. The van der Waals surface area contributed by atoms with Crippen molar-refractivity contribution in [2.24, 2.45) is 4.99 Å². The zero-order valence-corrected chi connectivity index (χ0v) is 23.7. The van der Waals surface area contributed by atoms with Crippen molar-refractivity contribution in [1.82, 2.24) is 15.3 Å². The van der Waals surface area contributed by atoms with E-state index in [2.05, 4.69) is 25.6 Å². The predicted octanol–water partition coefficient (Wildman–Crippen LogP) is 3.00. The molecule has 1 aliphatic heterocycles. The molecule has 0 saturated carbocycles. The smallest absolute Gasteiger partial charge is 0.328 e. The van der Waals surface area contributed by atoms with Gasteiger partial charge in [0.25, 0.3) is 11.5 Å². The number of hydrogen-bond donors (Lipinski definition) is 6. The van der Waals surface area contributed by atoms with Gasteiger partial charge in [0.2, 0.25) is 17.7 Å². The molecule has 6 N–H and O–H groups in total. The van der Waals surface area contributed by atoms with Crippen molar-refractivity contribution in [3.8, 4) is 5.88 Å². The molecule has 12 nitrogen and oxygen atoms in total. The number of carboxylic acids is 1. The van der Waals surface area contributed by atoms with E-state index in [1.807, 2.05) is 45.0 Å². The molecule has 2 atom stereocenters. The Morgan fingerprint density at radius 1 is 1.00 bits per heavy atom. The van der Waals surface area contributed by atoms with Gasteiger partial charge in [-0.05, 0) is 36.1 Å². The molecule has 1 aliphatic rings. The highest BCUT2D eigenvalue weighted by atomic mass is 32.2. The molecular weight excluding hydrogens is 550 g/mol. The summed E-state index contributed by atoms with van der Waals surface area (Å²) < 4.78 is 0. The van der Waals surface area contributed by atoms with Gasteiger partial charge < -0.3 is 20.8 Å². The van der Waals surface area contributed by atoms with E-state index in [0.717, 1.165) is 29.8 Å². The number of aliphatic imine (C=N–C) groups is 1. The summed E-state index contributed by atoms with van der Waals surface area (Å²) >= 11 is 1.06. The number of carbonyl (C=O) groups excluding carboxylic acids is 2. The lowest BCUT2D eigenvalue weighted by molar-refractivity contribution is -0.134. The molecule has 2 unspecified atom stereocenters. The second-order valence-electron chi connectivity index (χ2n) is 9.56.